The standard InChI is InChI=1S/C60H47B7N2/c61-52-48(53(62)57(66)59-50(52)51-54(63)55(64)56(65)58(67)60(51)69(59)43-29-22-36(23-30-43)34-12-4-1-5-13-34)41-26-31-46-45(33-41)49-44(38-16-8-3-9-17-38)20-11-21-47(49)68(46)42-27-24-37(25-28-42)40-19-10-18-39(32-40)35-14-6-2-7-15-35/h1-33H,61-67H2. The van der Waals surface area contributed by atoms with Gasteiger partial charge in [-0.3, -0.25) is 0 Å². The van der Waals surface area contributed by atoms with Crippen LogP contribution in [-0.4, -0.2) is 64.1 Å². The Morgan fingerprint density at radius 1 is 0.261 bits per heavy atom. The van der Waals surface area contributed by atoms with E-state index in [1.54, 1.807) is 0 Å². The first-order chi connectivity index (χ1) is 33.7. The number of fused-ring (bicyclic) bond motifs is 6. The summed E-state index contributed by atoms with van der Waals surface area (Å²) in [6, 6.07) is 73.4. The van der Waals surface area contributed by atoms with Crippen LogP contribution in [0.4, 0.5) is 0 Å². The molecule has 0 spiro atoms. The summed E-state index contributed by atoms with van der Waals surface area (Å²) in [5.74, 6) is 0. The van der Waals surface area contributed by atoms with E-state index in [-0.39, 0.29) is 0 Å². The van der Waals surface area contributed by atoms with Gasteiger partial charge in [0.25, 0.3) is 0 Å². The molecular formula is C60H47B7N2. The van der Waals surface area contributed by atoms with Crippen LogP contribution in [0.15, 0.2) is 200 Å². The maximum Gasteiger partial charge on any atom is 0.141 e. The maximum absolute atomic E-state index is 2.57. The number of aromatic nitrogens is 2. The molecule has 0 bridgehead atoms. The van der Waals surface area contributed by atoms with Gasteiger partial charge in [-0.15, -0.1) is 5.46 Å². The van der Waals surface area contributed by atoms with E-state index in [1.807, 2.05) is 0 Å². The van der Waals surface area contributed by atoms with E-state index in [1.165, 1.54) is 143 Å². The lowest BCUT2D eigenvalue weighted by Gasteiger charge is -2.19. The molecule has 2 nitrogen and oxygen atoms in total. The quantitative estimate of drug-likeness (QED) is 0.215. The Bertz CT molecular complexity index is 3990. The van der Waals surface area contributed by atoms with Crippen LogP contribution in [0.1, 0.15) is 0 Å². The molecule has 12 aromatic rings. The fourth-order valence-corrected chi connectivity index (χ4v) is 11.5. The van der Waals surface area contributed by atoms with Gasteiger partial charge in [0.15, 0.2) is 0 Å². The van der Waals surface area contributed by atoms with Crippen molar-refractivity contribution in [2.24, 2.45) is 0 Å². The predicted octanol–water partition coefficient (Wildman–Crippen LogP) is 4.02. The van der Waals surface area contributed by atoms with E-state index in [0.29, 0.717) is 0 Å². The molecular weight excluding hydrogens is 824 g/mol. The van der Waals surface area contributed by atoms with Gasteiger partial charge < -0.3 is 9.13 Å². The first kappa shape index (κ1) is 42.6. The summed E-state index contributed by atoms with van der Waals surface area (Å²) in [7, 11) is 16.3. The first-order valence-electron chi connectivity index (χ1n) is 24.3. The zero-order valence-electron chi connectivity index (χ0n) is 40.4. The monoisotopic (exact) mass is 872 g/mol. The number of nitrogens with zero attached hydrogens (tertiary/aromatic N) is 2. The van der Waals surface area contributed by atoms with E-state index in [0.717, 1.165) is 5.69 Å². The minimum Gasteiger partial charge on any atom is -0.310 e. The molecule has 10 aromatic carbocycles. The van der Waals surface area contributed by atoms with Gasteiger partial charge in [0, 0.05) is 38.6 Å². The molecule has 12 rings (SSSR count). The minimum absolute atomic E-state index is 1.14. The van der Waals surface area contributed by atoms with E-state index in [4.69, 9.17) is 0 Å². The van der Waals surface area contributed by atoms with Crippen LogP contribution in [0.3, 0.4) is 0 Å². The van der Waals surface area contributed by atoms with Crippen LogP contribution in [0.2, 0.25) is 0 Å². The van der Waals surface area contributed by atoms with E-state index >= 15 is 0 Å². The predicted molar refractivity (Wildman–Crippen MR) is 320 cm³/mol. The lowest BCUT2D eigenvalue weighted by molar-refractivity contribution is 1.18. The molecule has 0 saturated heterocycles. The SMILES string of the molecule is Bc1c(B)c(B)c2c(c1B)c1c(B)c(-c3ccc4c(c3)c3c(-c5ccccc5)cccc3n4-c3ccc(-c4cccc(-c5ccccc5)c4)cc3)c(B)c(B)c1n2-c1ccc(-c2ccccc2)cc1. The largest absolute Gasteiger partial charge is 0.310 e. The summed E-state index contributed by atoms with van der Waals surface area (Å²) in [5, 5.41) is 5.22. The third-order valence-corrected chi connectivity index (χ3v) is 15.5. The minimum atomic E-state index is 1.14. The zero-order valence-corrected chi connectivity index (χ0v) is 40.4. The number of hydrogen-bond acceptors (Lipinski definition) is 0. The fourth-order valence-electron chi connectivity index (χ4n) is 11.5. The van der Waals surface area contributed by atoms with E-state index < -0.39 is 0 Å². The van der Waals surface area contributed by atoms with E-state index in [2.05, 4.69) is 264 Å². The second-order valence-corrected chi connectivity index (χ2v) is 19.1. The van der Waals surface area contributed by atoms with Crippen molar-refractivity contribution in [3.05, 3.63) is 200 Å². The Morgan fingerprint density at radius 3 is 1.32 bits per heavy atom. The van der Waals surface area contributed by atoms with Gasteiger partial charge in [-0.05, 0) is 110 Å². The number of benzene rings is 10. The molecule has 0 unspecified atom stereocenters. The van der Waals surface area contributed by atoms with Crippen molar-refractivity contribution in [2.75, 3.05) is 0 Å². The van der Waals surface area contributed by atoms with Crippen molar-refractivity contribution in [3.8, 4) is 67.0 Å². The average molecular weight is 872 g/mol. The summed E-state index contributed by atoms with van der Waals surface area (Å²) in [6.07, 6.45) is 0. The van der Waals surface area contributed by atoms with E-state index in [9.17, 15) is 0 Å². The molecule has 0 N–H and O–H groups in total. The van der Waals surface area contributed by atoms with Crippen LogP contribution >= 0.6 is 0 Å². The lowest BCUT2D eigenvalue weighted by atomic mass is 9.64. The van der Waals surface area contributed by atoms with Gasteiger partial charge in [-0.25, -0.2) is 0 Å². The molecule has 0 saturated carbocycles. The molecule has 0 fully saturated rings. The third-order valence-electron chi connectivity index (χ3n) is 15.5. The molecule has 0 atom stereocenters. The highest BCUT2D eigenvalue weighted by molar-refractivity contribution is 6.69. The smallest absolute Gasteiger partial charge is 0.141 e. The molecule has 0 aliphatic carbocycles. The highest BCUT2D eigenvalue weighted by Crippen LogP contribution is 2.41. The fraction of sp³-hybridized carbons (Fsp3) is 0. The molecule has 9 heteroatoms. The third kappa shape index (κ3) is 6.81. The lowest BCUT2D eigenvalue weighted by Crippen LogP contribution is -2.48. The van der Waals surface area contributed by atoms with Crippen LogP contribution in [-0.2, 0) is 0 Å². The molecule has 2 aromatic heterocycles. The summed E-state index contributed by atoms with van der Waals surface area (Å²) in [5.41, 5.74) is 29.0. The van der Waals surface area contributed by atoms with Gasteiger partial charge in [0.05, 0.1) is 11.0 Å². The Balaban J connectivity index is 1.07. The van der Waals surface area contributed by atoms with Gasteiger partial charge in [0.2, 0.25) is 0 Å². The molecule has 0 aliphatic heterocycles. The Morgan fingerprint density at radius 2 is 0.710 bits per heavy atom. The molecule has 318 valence electrons. The van der Waals surface area contributed by atoms with Crippen LogP contribution < -0.4 is 38.2 Å². The summed E-state index contributed by atoms with van der Waals surface area (Å²) in [4.78, 5) is 0. The Kier molecular flexibility index (Phi) is 10.4. The summed E-state index contributed by atoms with van der Waals surface area (Å²) in [6.45, 7) is 0. The van der Waals surface area contributed by atoms with Crippen molar-refractivity contribution in [3.63, 3.8) is 0 Å². The normalized spacial score (nSPS) is 11.6. The van der Waals surface area contributed by atoms with Crippen molar-refractivity contribution in [2.45, 2.75) is 0 Å². The summed E-state index contributed by atoms with van der Waals surface area (Å²) >= 11 is 0. The molecule has 69 heavy (non-hydrogen) atoms. The Labute approximate surface area is 410 Å². The number of hydrogen-bond donors (Lipinski definition) is 0. The zero-order chi connectivity index (χ0) is 47.1. The second-order valence-electron chi connectivity index (χ2n) is 19.1. The van der Waals surface area contributed by atoms with Gasteiger partial charge in [-0.1, -0.05) is 184 Å². The van der Waals surface area contributed by atoms with Crippen LogP contribution in [0, 0.1) is 0 Å². The topological polar surface area (TPSA) is 9.86 Å². The molecule has 0 radical (unpaired) electrons. The van der Waals surface area contributed by atoms with Crippen LogP contribution in [0.25, 0.3) is 111 Å². The van der Waals surface area contributed by atoms with Gasteiger partial charge >= 0.3 is 0 Å². The highest BCUT2D eigenvalue weighted by Gasteiger charge is 2.26. The van der Waals surface area contributed by atoms with Crippen molar-refractivity contribution >= 4 is 137 Å². The van der Waals surface area contributed by atoms with Crippen LogP contribution in [0.5, 0.6) is 0 Å². The first-order valence-corrected chi connectivity index (χ1v) is 24.3. The molecule has 0 amide bonds. The summed E-state index contributed by atoms with van der Waals surface area (Å²) < 4.78 is 5.04. The van der Waals surface area contributed by atoms with Crippen molar-refractivity contribution in [1.29, 1.82) is 0 Å². The molecule has 0 aliphatic rings. The van der Waals surface area contributed by atoms with Gasteiger partial charge in [-0.2, -0.15) is 0 Å². The molecule has 2 heterocycles. The van der Waals surface area contributed by atoms with Crippen molar-refractivity contribution in [1.82, 2.24) is 9.13 Å². The average Bonchev–Trinajstić information content (AvgIpc) is 3.94. The van der Waals surface area contributed by atoms with Gasteiger partial charge in [0.1, 0.15) is 54.9 Å². The second kappa shape index (κ2) is 16.8. The maximum atomic E-state index is 2.57. The highest BCUT2D eigenvalue weighted by atomic mass is 15.0. The van der Waals surface area contributed by atoms with Crippen molar-refractivity contribution < 1.29 is 0 Å². The Hall–Kier alpha value is -7.75. The number of rotatable bonds is 7.